The molecule has 2 aromatic rings. The van der Waals surface area contributed by atoms with Crippen LogP contribution < -0.4 is 5.73 Å². The molecule has 0 aliphatic rings. The molecule has 2 N–H and O–H groups in total. The number of nitrogens with two attached hydrogens (primary N) is 1. The van der Waals surface area contributed by atoms with Crippen molar-refractivity contribution in [3.63, 3.8) is 0 Å². The molecule has 0 aliphatic carbocycles. The predicted molar refractivity (Wildman–Crippen MR) is 153 cm³/mol. The highest BCUT2D eigenvalue weighted by atomic mass is 14.5. The molecule has 2 rings (SSSR count). The lowest BCUT2D eigenvalue weighted by atomic mass is 9.97. The Bertz CT molecular complexity index is 697. The molecule has 1 heteroatoms. The van der Waals surface area contributed by atoms with Crippen LogP contribution in [-0.4, -0.2) is 6.54 Å². The van der Waals surface area contributed by atoms with Crippen molar-refractivity contribution < 1.29 is 0 Å². The SMILES string of the molecule is NCCCCCCCCCCCCCCCCC(C=Cc1ccccc1)C=Cc1ccccc1. The molecular weight excluding hydrogens is 410 g/mol. The summed E-state index contributed by atoms with van der Waals surface area (Å²) in [6, 6.07) is 21.3. The van der Waals surface area contributed by atoms with Crippen molar-refractivity contribution in [2.75, 3.05) is 6.54 Å². The Morgan fingerprint density at radius 2 is 0.824 bits per heavy atom. The van der Waals surface area contributed by atoms with Gasteiger partial charge in [-0.05, 0) is 36.4 Å². The first kappa shape index (κ1) is 28.1. The summed E-state index contributed by atoms with van der Waals surface area (Å²) in [5.41, 5.74) is 8.12. The van der Waals surface area contributed by atoms with E-state index >= 15 is 0 Å². The summed E-state index contributed by atoms with van der Waals surface area (Å²) < 4.78 is 0. The van der Waals surface area contributed by atoms with Crippen molar-refractivity contribution >= 4 is 12.2 Å². The molecule has 0 heterocycles. The zero-order chi connectivity index (χ0) is 23.9. The molecule has 1 nitrogen and oxygen atoms in total. The van der Waals surface area contributed by atoms with Crippen molar-refractivity contribution in [2.45, 2.75) is 96.3 Å². The van der Waals surface area contributed by atoms with Crippen molar-refractivity contribution in [3.8, 4) is 0 Å². The highest BCUT2D eigenvalue weighted by Crippen LogP contribution is 2.19. The van der Waals surface area contributed by atoms with Gasteiger partial charge < -0.3 is 5.73 Å². The van der Waals surface area contributed by atoms with Crippen LogP contribution in [0.15, 0.2) is 72.8 Å². The molecule has 0 spiro atoms. The fraction of sp³-hybridized carbons (Fsp3) is 0.515. The molecule has 2 aromatic carbocycles. The van der Waals surface area contributed by atoms with Gasteiger partial charge in [-0.3, -0.25) is 0 Å². The first-order chi connectivity index (χ1) is 16.9. The standard InChI is InChI=1S/C33H49N/c34-30-20-12-10-8-6-4-2-1-3-5-7-9-11-15-25-33(28-26-31-21-16-13-17-22-31)29-27-32-23-18-14-19-24-32/h13-14,16-19,21-24,26-29,33H,1-12,15,20,25,30,34H2. The third-order valence-electron chi connectivity index (χ3n) is 6.66. The monoisotopic (exact) mass is 459 g/mol. The highest BCUT2D eigenvalue weighted by molar-refractivity contribution is 5.52. The van der Waals surface area contributed by atoms with Gasteiger partial charge in [0.05, 0.1) is 0 Å². The molecule has 0 fully saturated rings. The van der Waals surface area contributed by atoms with E-state index in [1.807, 2.05) is 0 Å². The molecular formula is C33H49N. The third kappa shape index (κ3) is 14.9. The van der Waals surface area contributed by atoms with Gasteiger partial charge in [0.2, 0.25) is 0 Å². The minimum Gasteiger partial charge on any atom is -0.330 e. The van der Waals surface area contributed by atoms with E-state index in [2.05, 4.69) is 85.0 Å². The first-order valence-electron chi connectivity index (χ1n) is 14.0. The second kappa shape index (κ2) is 20.3. The Balaban J connectivity index is 1.56. The summed E-state index contributed by atoms with van der Waals surface area (Å²) in [6.45, 7) is 0.858. The largest absolute Gasteiger partial charge is 0.330 e. The molecule has 0 saturated carbocycles. The van der Waals surface area contributed by atoms with E-state index in [4.69, 9.17) is 5.73 Å². The van der Waals surface area contributed by atoms with Crippen molar-refractivity contribution in [1.29, 1.82) is 0 Å². The van der Waals surface area contributed by atoms with E-state index in [1.165, 1.54) is 107 Å². The summed E-state index contributed by atoms with van der Waals surface area (Å²) >= 11 is 0. The number of hydrogen-bond donors (Lipinski definition) is 1. The minimum absolute atomic E-state index is 0.496. The summed E-state index contributed by atoms with van der Waals surface area (Å²) in [7, 11) is 0. The zero-order valence-electron chi connectivity index (χ0n) is 21.6. The Hall–Kier alpha value is -2.12. The van der Waals surface area contributed by atoms with Crippen LogP contribution >= 0.6 is 0 Å². The normalized spacial score (nSPS) is 12.6. The van der Waals surface area contributed by atoms with Crippen LogP contribution in [0.5, 0.6) is 0 Å². The lowest BCUT2D eigenvalue weighted by Gasteiger charge is -2.09. The maximum atomic E-state index is 5.55. The molecule has 0 aliphatic heterocycles. The van der Waals surface area contributed by atoms with Gasteiger partial charge >= 0.3 is 0 Å². The summed E-state index contributed by atoms with van der Waals surface area (Å²) in [4.78, 5) is 0. The van der Waals surface area contributed by atoms with E-state index in [9.17, 15) is 0 Å². The van der Waals surface area contributed by atoms with Gasteiger partial charge in [-0.1, -0.05) is 168 Å². The van der Waals surface area contributed by atoms with E-state index in [0.717, 1.165) is 6.54 Å². The molecule has 0 bridgehead atoms. The molecule has 0 amide bonds. The van der Waals surface area contributed by atoms with Gasteiger partial charge in [0, 0.05) is 0 Å². The average Bonchev–Trinajstić information content (AvgIpc) is 2.88. The second-order valence-electron chi connectivity index (χ2n) is 9.73. The van der Waals surface area contributed by atoms with Gasteiger partial charge in [-0.15, -0.1) is 0 Å². The number of unbranched alkanes of at least 4 members (excludes halogenated alkanes) is 13. The van der Waals surface area contributed by atoms with Gasteiger partial charge in [0.1, 0.15) is 0 Å². The number of hydrogen-bond acceptors (Lipinski definition) is 1. The number of allylic oxidation sites excluding steroid dienone is 2. The summed E-state index contributed by atoms with van der Waals surface area (Å²) in [5.74, 6) is 0.496. The maximum Gasteiger partial charge on any atom is -0.00468 e. The van der Waals surface area contributed by atoms with E-state index in [1.54, 1.807) is 0 Å². The zero-order valence-corrected chi connectivity index (χ0v) is 21.6. The molecule has 0 saturated heterocycles. The van der Waals surface area contributed by atoms with Gasteiger partial charge in [-0.25, -0.2) is 0 Å². The summed E-state index contributed by atoms with van der Waals surface area (Å²) in [5, 5.41) is 0. The lowest BCUT2D eigenvalue weighted by molar-refractivity contribution is 0.525. The fourth-order valence-electron chi connectivity index (χ4n) is 4.50. The smallest absolute Gasteiger partial charge is 0.00468 e. The second-order valence-corrected chi connectivity index (χ2v) is 9.73. The van der Waals surface area contributed by atoms with Crippen molar-refractivity contribution in [3.05, 3.63) is 83.9 Å². The molecule has 186 valence electrons. The van der Waals surface area contributed by atoms with E-state index < -0.39 is 0 Å². The highest BCUT2D eigenvalue weighted by Gasteiger charge is 2.02. The third-order valence-corrected chi connectivity index (χ3v) is 6.66. The van der Waals surface area contributed by atoms with Crippen LogP contribution in [-0.2, 0) is 0 Å². The molecule has 0 unspecified atom stereocenters. The molecule has 0 aromatic heterocycles. The maximum absolute atomic E-state index is 5.55. The van der Waals surface area contributed by atoms with Crippen LogP contribution in [0.3, 0.4) is 0 Å². The average molecular weight is 460 g/mol. The molecule has 0 atom stereocenters. The summed E-state index contributed by atoms with van der Waals surface area (Å²) in [6.07, 6.45) is 29.9. The Labute approximate surface area is 210 Å². The van der Waals surface area contributed by atoms with Gasteiger partial charge in [-0.2, -0.15) is 0 Å². The number of rotatable bonds is 20. The van der Waals surface area contributed by atoms with Crippen LogP contribution in [0.1, 0.15) is 107 Å². The Morgan fingerprint density at radius 1 is 0.471 bits per heavy atom. The number of benzene rings is 2. The molecule has 34 heavy (non-hydrogen) atoms. The lowest BCUT2D eigenvalue weighted by Crippen LogP contribution is -1.97. The van der Waals surface area contributed by atoms with Crippen molar-refractivity contribution in [1.82, 2.24) is 0 Å². The minimum atomic E-state index is 0.496. The molecule has 0 radical (unpaired) electrons. The van der Waals surface area contributed by atoms with Crippen LogP contribution in [0.2, 0.25) is 0 Å². The van der Waals surface area contributed by atoms with Crippen LogP contribution in [0.4, 0.5) is 0 Å². The van der Waals surface area contributed by atoms with Crippen LogP contribution in [0.25, 0.3) is 12.2 Å². The Morgan fingerprint density at radius 3 is 1.21 bits per heavy atom. The quantitative estimate of drug-likeness (QED) is 0.196. The first-order valence-corrected chi connectivity index (χ1v) is 14.0. The van der Waals surface area contributed by atoms with Gasteiger partial charge in [0.15, 0.2) is 0 Å². The fourth-order valence-corrected chi connectivity index (χ4v) is 4.50. The van der Waals surface area contributed by atoms with E-state index in [-0.39, 0.29) is 0 Å². The van der Waals surface area contributed by atoms with E-state index in [0.29, 0.717) is 5.92 Å². The van der Waals surface area contributed by atoms with Gasteiger partial charge in [0.25, 0.3) is 0 Å². The topological polar surface area (TPSA) is 26.0 Å². The predicted octanol–water partition coefficient (Wildman–Crippen LogP) is 9.84. The Kier molecular flexibility index (Phi) is 16.8. The van der Waals surface area contributed by atoms with Crippen molar-refractivity contribution in [2.24, 2.45) is 11.7 Å². The van der Waals surface area contributed by atoms with Crippen LogP contribution in [0, 0.1) is 5.92 Å².